The number of ketones is 1. The Labute approximate surface area is 121 Å². The lowest BCUT2D eigenvalue weighted by molar-refractivity contribution is 0.0979. The van der Waals surface area contributed by atoms with Crippen LogP contribution < -0.4 is 0 Å². The third-order valence-electron chi connectivity index (χ3n) is 3.05. The molecule has 0 bridgehead atoms. The van der Waals surface area contributed by atoms with Crippen LogP contribution in [0.4, 0.5) is 0 Å². The molecule has 5 heteroatoms. The molecular formula is C16H13N3O2. The van der Waals surface area contributed by atoms with Gasteiger partial charge in [-0.1, -0.05) is 35.5 Å². The van der Waals surface area contributed by atoms with Crippen LogP contribution in [-0.4, -0.2) is 20.9 Å². The highest BCUT2D eigenvalue weighted by atomic mass is 16.5. The average Bonchev–Trinajstić information content (AvgIpc) is 3.03. The van der Waals surface area contributed by atoms with Crippen molar-refractivity contribution in [2.45, 2.75) is 12.8 Å². The Balaban J connectivity index is 1.64. The molecule has 2 heterocycles. The van der Waals surface area contributed by atoms with Crippen molar-refractivity contribution in [1.29, 1.82) is 0 Å². The third-order valence-corrected chi connectivity index (χ3v) is 3.05. The second-order valence-corrected chi connectivity index (χ2v) is 4.54. The zero-order chi connectivity index (χ0) is 14.5. The van der Waals surface area contributed by atoms with Gasteiger partial charge in [0.15, 0.2) is 5.78 Å². The van der Waals surface area contributed by atoms with E-state index in [2.05, 4.69) is 15.1 Å². The van der Waals surface area contributed by atoms with E-state index in [1.165, 1.54) is 0 Å². The maximum atomic E-state index is 12.0. The van der Waals surface area contributed by atoms with E-state index in [1.807, 2.05) is 30.3 Å². The molecule has 0 aliphatic rings. The molecule has 104 valence electrons. The predicted molar refractivity (Wildman–Crippen MR) is 76.6 cm³/mol. The van der Waals surface area contributed by atoms with E-state index < -0.39 is 0 Å². The molecule has 5 nitrogen and oxygen atoms in total. The Hall–Kier alpha value is -2.82. The smallest absolute Gasteiger partial charge is 0.227 e. The van der Waals surface area contributed by atoms with Crippen LogP contribution in [0.25, 0.3) is 11.4 Å². The minimum Gasteiger partial charge on any atom is -0.339 e. The molecule has 0 amide bonds. The Bertz CT molecular complexity index is 724. The largest absolute Gasteiger partial charge is 0.339 e. The molecule has 0 atom stereocenters. The van der Waals surface area contributed by atoms with E-state index in [9.17, 15) is 4.79 Å². The molecule has 0 aliphatic heterocycles. The quantitative estimate of drug-likeness (QED) is 0.672. The Morgan fingerprint density at radius 1 is 1.10 bits per heavy atom. The highest BCUT2D eigenvalue weighted by Gasteiger charge is 2.11. The van der Waals surface area contributed by atoms with Crippen LogP contribution in [0.2, 0.25) is 0 Å². The van der Waals surface area contributed by atoms with Gasteiger partial charge in [-0.3, -0.25) is 9.78 Å². The summed E-state index contributed by atoms with van der Waals surface area (Å²) in [6, 6.07) is 12.9. The summed E-state index contributed by atoms with van der Waals surface area (Å²) in [6.07, 6.45) is 4.13. The third kappa shape index (κ3) is 3.20. The first kappa shape index (κ1) is 13.2. The number of pyridine rings is 1. The molecule has 21 heavy (non-hydrogen) atoms. The lowest BCUT2D eigenvalue weighted by atomic mass is 10.1. The highest BCUT2D eigenvalue weighted by molar-refractivity contribution is 5.96. The standard InChI is InChI=1S/C16H13N3O2/c20-14(12-5-2-1-3-6-12)8-9-15-18-16(19-21-15)13-7-4-10-17-11-13/h1-7,10-11H,8-9H2. The number of carbonyl (C=O) groups excluding carboxylic acids is 1. The SMILES string of the molecule is O=C(CCc1nc(-c2cccnc2)no1)c1ccccc1. The lowest BCUT2D eigenvalue weighted by Gasteiger charge is -1.97. The van der Waals surface area contributed by atoms with Gasteiger partial charge in [0.25, 0.3) is 0 Å². The summed E-state index contributed by atoms with van der Waals surface area (Å²) in [5, 5.41) is 3.90. The summed E-state index contributed by atoms with van der Waals surface area (Å²) in [5.74, 6) is 1.01. The van der Waals surface area contributed by atoms with E-state index >= 15 is 0 Å². The van der Waals surface area contributed by atoms with Crippen molar-refractivity contribution in [1.82, 2.24) is 15.1 Å². The monoisotopic (exact) mass is 279 g/mol. The van der Waals surface area contributed by atoms with Gasteiger partial charge in [-0.15, -0.1) is 0 Å². The maximum absolute atomic E-state index is 12.0. The van der Waals surface area contributed by atoms with Crippen LogP contribution in [0.3, 0.4) is 0 Å². The molecule has 0 saturated carbocycles. The van der Waals surface area contributed by atoms with Gasteiger partial charge < -0.3 is 4.52 Å². The summed E-state index contributed by atoms with van der Waals surface area (Å²) in [4.78, 5) is 20.3. The first-order valence-corrected chi connectivity index (χ1v) is 6.64. The number of Topliss-reactive ketones (excluding diaryl/α,β-unsaturated/α-hetero) is 1. The van der Waals surface area contributed by atoms with Crippen molar-refractivity contribution in [2.75, 3.05) is 0 Å². The van der Waals surface area contributed by atoms with Gasteiger partial charge in [-0.05, 0) is 12.1 Å². The molecule has 0 spiro atoms. The number of hydrogen-bond donors (Lipinski definition) is 0. The van der Waals surface area contributed by atoms with Crippen LogP contribution in [-0.2, 0) is 6.42 Å². The van der Waals surface area contributed by atoms with E-state index in [0.29, 0.717) is 30.1 Å². The molecule has 0 radical (unpaired) electrons. The first-order valence-electron chi connectivity index (χ1n) is 6.64. The van der Waals surface area contributed by atoms with Crippen molar-refractivity contribution >= 4 is 5.78 Å². The number of carbonyl (C=O) groups is 1. The fourth-order valence-electron chi connectivity index (χ4n) is 1.96. The van der Waals surface area contributed by atoms with Gasteiger partial charge >= 0.3 is 0 Å². The van der Waals surface area contributed by atoms with Crippen molar-refractivity contribution < 1.29 is 9.32 Å². The number of hydrogen-bond acceptors (Lipinski definition) is 5. The molecule has 0 fully saturated rings. The summed E-state index contributed by atoms with van der Waals surface area (Å²) >= 11 is 0. The van der Waals surface area contributed by atoms with Crippen molar-refractivity contribution in [3.8, 4) is 11.4 Å². The highest BCUT2D eigenvalue weighted by Crippen LogP contribution is 2.15. The van der Waals surface area contributed by atoms with E-state index in [-0.39, 0.29) is 5.78 Å². The van der Waals surface area contributed by atoms with Crippen LogP contribution in [0, 0.1) is 0 Å². The maximum Gasteiger partial charge on any atom is 0.227 e. The fraction of sp³-hybridized carbons (Fsp3) is 0.125. The van der Waals surface area contributed by atoms with Gasteiger partial charge in [-0.25, -0.2) is 0 Å². The molecule has 0 N–H and O–H groups in total. The summed E-state index contributed by atoms with van der Waals surface area (Å²) in [5.41, 5.74) is 1.49. The first-order chi connectivity index (χ1) is 10.3. The molecule has 0 aliphatic carbocycles. The van der Waals surface area contributed by atoms with Crippen LogP contribution >= 0.6 is 0 Å². The van der Waals surface area contributed by atoms with Gasteiger partial charge in [0.05, 0.1) is 0 Å². The molecular weight excluding hydrogens is 266 g/mol. The van der Waals surface area contributed by atoms with Crippen molar-refractivity contribution in [2.24, 2.45) is 0 Å². The van der Waals surface area contributed by atoms with Crippen LogP contribution in [0.1, 0.15) is 22.7 Å². The van der Waals surface area contributed by atoms with Crippen molar-refractivity contribution in [3.05, 3.63) is 66.3 Å². The molecule has 3 rings (SSSR count). The van der Waals surface area contributed by atoms with Crippen LogP contribution in [0.15, 0.2) is 59.4 Å². The molecule has 0 unspecified atom stereocenters. The summed E-state index contributed by atoms with van der Waals surface area (Å²) in [7, 11) is 0. The van der Waals surface area contributed by atoms with Crippen molar-refractivity contribution in [3.63, 3.8) is 0 Å². The molecule has 1 aromatic carbocycles. The number of nitrogens with zero attached hydrogens (tertiary/aromatic N) is 3. The van der Waals surface area contributed by atoms with Crippen LogP contribution in [0.5, 0.6) is 0 Å². The fourth-order valence-corrected chi connectivity index (χ4v) is 1.96. The number of aromatic nitrogens is 3. The number of aryl methyl sites for hydroxylation is 1. The Kier molecular flexibility index (Phi) is 3.82. The number of benzene rings is 1. The van der Waals surface area contributed by atoms with Gasteiger partial charge in [0.1, 0.15) is 0 Å². The van der Waals surface area contributed by atoms with Gasteiger partial charge in [0, 0.05) is 36.4 Å². The minimum atomic E-state index is 0.0664. The lowest BCUT2D eigenvalue weighted by Crippen LogP contribution is -2.01. The predicted octanol–water partition coefficient (Wildman–Crippen LogP) is 2.95. The average molecular weight is 279 g/mol. The zero-order valence-electron chi connectivity index (χ0n) is 11.3. The Morgan fingerprint density at radius 2 is 1.95 bits per heavy atom. The molecule has 0 saturated heterocycles. The second-order valence-electron chi connectivity index (χ2n) is 4.54. The number of rotatable bonds is 5. The molecule has 2 aromatic heterocycles. The van der Waals surface area contributed by atoms with Gasteiger partial charge in [0.2, 0.25) is 11.7 Å². The summed E-state index contributed by atoms with van der Waals surface area (Å²) in [6.45, 7) is 0. The molecule has 3 aromatic rings. The van der Waals surface area contributed by atoms with Gasteiger partial charge in [-0.2, -0.15) is 4.98 Å². The van der Waals surface area contributed by atoms with E-state index in [1.54, 1.807) is 24.5 Å². The van der Waals surface area contributed by atoms with E-state index in [4.69, 9.17) is 4.52 Å². The minimum absolute atomic E-state index is 0.0664. The zero-order valence-corrected chi connectivity index (χ0v) is 11.3. The second kappa shape index (κ2) is 6.09. The summed E-state index contributed by atoms with van der Waals surface area (Å²) < 4.78 is 5.16. The van der Waals surface area contributed by atoms with E-state index in [0.717, 1.165) is 5.56 Å². The normalized spacial score (nSPS) is 10.5. The Morgan fingerprint density at radius 3 is 2.71 bits per heavy atom. The topological polar surface area (TPSA) is 68.9 Å².